The molecule has 0 amide bonds. The summed E-state index contributed by atoms with van der Waals surface area (Å²) in [6, 6.07) is 0. The number of nitrogens with zero attached hydrogens (tertiary/aromatic N) is 1. The lowest BCUT2D eigenvalue weighted by Gasteiger charge is -2.38. The summed E-state index contributed by atoms with van der Waals surface area (Å²) in [5.74, 6) is 1.10. The second-order valence-corrected chi connectivity index (χ2v) is 6.77. The van der Waals surface area contributed by atoms with Gasteiger partial charge >= 0.3 is 5.97 Å². The summed E-state index contributed by atoms with van der Waals surface area (Å²) >= 11 is 1.86. The summed E-state index contributed by atoms with van der Waals surface area (Å²) in [6.07, 6.45) is 8.14. The number of carbonyl (C=O) groups excluding carboxylic acids is 1. The first-order valence-corrected chi connectivity index (χ1v) is 8.79. The molecule has 1 saturated carbocycles. The van der Waals surface area contributed by atoms with Crippen LogP contribution in [0, 0.1) is 5.41 Å². The van der Waals surface area contributed by atoms with Gasteiger partial charge in [0.2, 0.25) is 0 Å². The molecule has 1 aliphatic carbocycles. The summed E-state index contributed by atoms with van der Waals surface area (Å²) in [5.41, 5.74) is 0.485. The number of ether oxygens (including phenoxy) is 1. The van der Waals surface area contributed by atoms with Crippen LogP contribution in [0.2, 0.25) is 0 Å². The Balaban J connectivity index is 1.64. The second kappa shape index (κ2) is 7.91. The molecule has 0 atom stereocenters. The minimum atomic E-state index is -0.103. The summed E-state index contributed by atoms with van der Waals surface area (Å²) < 4.78 is 4.91. The Bertz CT molecular complexity index is 352. The zero-order valence-electron chi connectivity index (χ0n) is 12.5. The van der Waals surface area contributed by atoms with Crippen LogP contribution in [0.4, 0.5) is 0 Å². The molecule has 2 aliphatic rings. The summed E-state index contributed by atoms with van der Waals surface area (Å²) in [5, 5.41) is 4.41. The minimum absolute atomic E-state index is 0.103. The lowest BCUT2D eigenvalue weighted by molar-refractivity contribution is -0.143. The van der Waals surface area contributed by atoms with E-state index in [4.69, 9.17) is 9.73 Å². The van der Waals surface area contributed by atoms with Gasteiger partial charge in [0.25, 0.3) is 0 Å². The predicted molar refractivity (Wildman–Crippen MR) is 84.1 cm³/mol. The molecule has 1 spiro atoms. The van der Waals surface area contributed by atoms with Crippen LogP contribution < -0.4 is 5.32 Å². The van der Waals surface area contributed by atoms with Crippen LogP contribution in [-0.4, -0.2) is 36.6 Å². The van der Waals surface area contributed by atoms with Crippen molar-refractivity contribution in [3.8, 4) is 0 Å². The van der Waals surface area contributed by atoms with Gasteiger partial charge in [-0.3, -0.25) is 9.79 Å². The molecular formula is C15H26N2O2S. The number of hydrogen-bond donors (Lipinski definition) is 1. The molecule has 1 aliphatic heterocycles. The van der Waals surface area contributed by atoms with Crippen molar-refractivity contribution < 1.29 is 9.53 Å². The highest BCUT2D eigenvalue weighted by Gasteiger charge is 2.34. The van der Waals surface area contributed by atoms with E-state index in [0.717, 1.165) is 24.7 Å². The van der Waals surface area contributed by atoms with E-state index in [2.05, 4.69) is 5.32 Å². The van der Waals surface area contributed by atoms with Gasteiger partial charge in [-0.05, 0) is 31.6 Å². The van der Waals surface area contributed by atoms with Gasteiger partial charge in [0.05, 0.1) is 6.61 Å². The zero-order chi connectivity index (χ0) is 14.3. The van der Waals surface area contributed by atoms with Crippen molar-refractivity contribution in [2.45, 2.75) is 51.9 Å². The van der Waals surface area contributed by atoms with Crippen LogP contribution in [0.15, 0.2) is 4.99 Å². The van der Waals surface area contributed by atoms with Gasteiger partial charge in [0, 0.05) is 25.3 Å². The molecule has 0 saturated heterocycles. The molecular weight excluding hydrogens is 272 g/mol. The standard InChI is InChI=1S/C15H26N2O2S/c1-2-19-13(18)7-6-10-16-14-17-11-15(12-20-14)8-4-3-5-9-15/h2-12H2,1H3,(H,16,17). The van der Waals surface area contributed by atoms with E-state index in [-0.39, 0.29) is 5.97 Å². The van der Waals surface area contributed by atoms with Gasteiger partial charge in [0.1, 0.15) is 0 Å². The lowest BCUT2D eigenvalue weighted by Crippen LogP contribution is -2.37. The Hall–Kier alpha value is -0.710. The Morgan fingerprint density at radius 3 is 2.85 bits per heavy atom. The fourth-order valence-electron chi connectivity index (χ4n) is 2.92. The molecule has 0 aromatic heterocycles. The second-order valence-electron chi connectivity index (χ2n) is 5.81. The summed E-state index contributed by atoms with van der Waals surface area (Å²) in [4.78, 5) is 15.9. The Morgan fingerprint density at radius 1 is 1.40 bits per heavy atom. The van der Waals surface area contributed by atoms with Crippen molar-refractivity contribution in [2.75, 3.05) is 25.4 Å². The maximum absolute atomic E-state index is 11.2. The third kappa shape index (κ3) is 4.69. The number of rotatable bonds is 5. The van der Waals surface area contributed by atoms with E-state index in [1.165, 1.54) is 37.9 Å². The summed E-state index contributed by atoms with van der Waals surface area (Å²) in [7, 11) is 0. The maximum atomic E-state index is 11.2. The van der Waals surface area contributed by atoms with Crippen molar-refractivity contribution in [3.63, 3.8) is 0 Å². The van der Waals surface area contributed by atoms with Crippen LogP contribution >= 0.6 is 11.8 Å². The molecule has 4 nitrogen and oxygen atoms in total. The maximum Gasteiger partial charge on any atom is 0.305 e. The zero-order valence-corrected chi connectivity index (χ0v) is 13.3. The highest BCUT2D eigenvalue weighted by Crippen LogP contribution is 2.41. The Labute approximate surface area is 126 Å². The minimum Gasteiger partial charge on any atom is -0.466 e. The van der Waals surface area contributed by atoms with Gasteiger partial charge in [-0.1, -0.05) is 31.0 Å². The molecule has 0 aromatic rings. The molecule has 0 aromatic carbocycles. The van der Waals surface area contributed by atoms with Crippen molar-refractivity contribution in [3.05, 3.63) is 0 Å². The predicted octanol–water partition coefficient (Wildman–Crippen LogP) is 2.97. The quantitative estimate of drug-likeness (QED) is 0.626. The average molecular weight is 298 g/mol. The van der Waals surface area contributed by atoms with Crippen LogP contribution in [-0.2, 0) is 9.53 Å². The highest BCUT2D eigenvalue weighted by atomic mass is 32.2. The SMILES string of the molecule is CCOC(=O)CCCNC1=NCC2(CCCCC2)CS1. The summed E-state index contributed by atoms with van der Waals surface area (Å²) in [6.45, 7) is 4.10. The van der Waals surface area contributed by atoms with E-state index < -0.39 is 0 Å². The first kappa shape index (κ1) is 15.7. The van der Waals surface area contributed by atoms with E-state index in [0.29, 0.717) is 18.4 Å². The molecule has 20 heavy (non-hydrogen) atoms. The molecule has 0 bridgehead atoms. The van der Waals surface area contributed by atoms with Gasteiger partial charge in [0.15, 0.2) is 5.17 Å². The van der Waals surface area contributed by atoms with E-state index in [1.54, 1.807) is 0 Å². The fourth-order valence-corrected chi connectivity index (χ4v) is 4.11. The van der Waals surface area contributed by atoms with Gasteiger partial charge in [-0.15, -0.1) is 0 Å². The van der Waals surface area contributed by atoms with Gasteiger partial charge in [-0.2, -0.15) is 0 Å². The third-order valence-electron chi connectivity index (χ3n) is 4.13. The number of hydrogen-bond acceptors (Lipinski definition) is 5. The van der Waals surface area contributed by atoms with E-state index in [9.17, 15) is 4.79 Å². The molecule has 1 N–H and O–H groups in total. The van der Waals surface area contributed by atoms with Gasteiger partial charge in [-0.25, -0.2) is 0 Å². The first-order chi connectivity index (χ1) is 9.74. The smallest absolute Gasteiger partial charge is 0.305 e. The van der Waals surface area contributed by atoms with Gasteiger partial charge < -0.3 is 10.1 Å². The fraction of sp³-hybridized carbons (Fsp3) is 0.867. The molecule has 5 heteroatoms. The monoisotopic (exact) mass is 298 g/mol. The third-order valence-corrected chi connectivity index (χ3v) is 5.43. The van der Waals surface area contributed by atoms with Crippen molar-refractivity contribution in [2.24, 2.45) is 10.4 Å². The number of aliphatic imine (C=N–C) groups is 1. The normalized spacial score (nSPS) is 21.4. The number of amidine groups is 1. The Morgan fingerprint density at radius 2 is 2.20 bits per heavy atom. The first-order valence-electron chi connectivity index (χ1n) is 7.81. The van der Waals surface area contributed by atoms with Crippen LogP contribution in [0.3, 0.4) is 0 Å². The van der Waals surface area contributed by atoms with Crippen LogP contribution in [0.25, 0.3) is 0 Å². The molecule has 2 rings (SSSR count). The number of nitrogens with one attached hydrogen (secondary N) is 1. The molecule has 114 valence electrons. The lowest BCUT2D eigenvalue weighted by atomic mass is 9.75. The topological polar surface area (TPSA) is 50.7 Å². The van der Waals surface area contributed by atoms with E-state index in [1.807, 2.05) is 18.7 Å². The van der Waals surface area contributed by atoms with E-state index >= 15 is 0 Å². The average Bonchev–Trinajstić information content (AvgIpc) is 2.47. The van der Waals surface area contributed by atoms with Crippen LogP contribution in [0.5, 0.6) is 0 Å². The highest BCUT2D eigenvalue weighted by molar-refractivity contribution is 8.13. The van der Waals surface area contributed by atoms with Crippen LogP contribution in [0.1, 0.15) is 51.9 Å². The molecule has 0 radical (unpaired) electrons. The number of carbonyl (C=O) groups is 1. The number of thioether (sulfide) groups is 1. The largest absolute Gasteiger partial charge is 0.466 e. The van der Waals surface area contributed by atoms with Crippen molar-refractivity contribution >= 4 is 22.9 Å². The molecule has 1 fully saturated rings. The molecule has 1 heterocycles. The van der Waals surface area contributed by atoms with Crippen molar-refractivity contribution in [1.82, 2.24) is 5.32 Å². The number of esters is 1. The Kier molecular flexibility index (Phi) is 6.20. The van der Waals surface area contributed by atoms with Crippen molar-refractivity contribution in [1.29, 1.82) is 0 Å². The molecule has 0 unspecified atom stereocenters.